The number of alkyl carbamates (subject to hydrolysis) is 1. The standard InChI is InChI=1S/C26H24N2O6/c1-15-10-11-16(12-23(15)29)27-25(32)22(13-24(30)31)28-26(33)34-14-21-19-8-4-2-6-17(19)18-7-3-5-9-20(18)21/h2-12,21-22,29H,13-14H2,1H3,(H,27,32)(H,28,33)(H,30,31). The molecular formula is C26H24N2O6. The molecule has 34 heavy (non-hydrogen) atoms. The number of hydrogen-bond acceptors (Lipinski definition) is 5. The number of aliphatic carboxylic acids is 1. The molecule has 1 aliphatic carbocycles. The lowest BCUT2D eigenvalue weighted by atomic mass is 9.98. The van der Waals surface area contributed by atoms with E-state index in [4.69, 9.17) is 4.74 Å². The van der Waals surface area contributed by atoms with Crippen molar-refractivity contribution in [2.24, 2.45) is 0 Å². The zero-order valence-corrected chi connectivity index (χ0v) is 18.4. The molecule has 0 saturated heterocycles. The molecule has 4 rings (SSSR count). The summed E-state index contributed by atoms with van der Waals surface area (Å²) in [6.45, 7) is 1.74. The van der Waals surface area contributed by atoms with Crippen molar-refractivity contribution in [1.29, 1.82) is 0 Å². The smallest absolute Gasteiger partial charge is 0.407 e. The van der Waals surface area contributed by atoms with Gasteiger partial charge in [0.25, 0.3) is 0 Å². The summed E-state index contributed by atoms with van der Waals surface area (Å²) in [6, 6.07) is 18.9. The van der Waals surface area contributed by atoms with Crippen LogP contribution in [-0.4, -0.2) is 40.8 Å². The number of benzene rings is 3. The van der Waals surface area contributed by atoms with Gasteiger partial charge in [-0.2, -0.15) is 0 Å². The molecule has 0 aromatic heterocycles. The zero-order chi connectivity index (χ0) is 24.2. The highest BCUT2D eigenvalue weighted by atomic mass is 16.5. The Kier molecular flexibility index (Phi) is 6.49. The second-order valence-corrected chi connectivity index (χ2v) is 8.11. The van der Waals surface area contributed by atoms with E-state index in [9.17, 15) is 24.6 Å². The fourth-order valence-corrected chi connectivity index (χ4v) is 4.08. The topological polar surface area (TPSA) is 125 Å². The lowest BCUT2D eigenvalue weighted by Crippen LogP contribution is -2.45. The van der Waals surface area contributed by atoms with Gasteiger partial charge in [-0.3, -0.25) is 9.59 Å². The molecule has 8 nitrogen and oxygen atoms in total. The van der Waals surface area contributed by atoms with Crippen molar-refractivity contribution in [3.8, 4) is 16.9 Å². The van der Waals surface area contributed by atoms with Crippen LogP contribution in [0.15, 0.2) is 66.7 Å². The largest absolute Gasteiger partial charge is 0.508 e. The maximum atomic E-state index is 12.6. The Morgan fingerprint density at radius 2 is 1.59 bits per heavy atom. The molecule has 2 amide bonds. The number of anilines is 1. The Bertz CT molecular complexity index is 1210. The van der Waals surface area contributed by atoms with Crippen LogP contribution in [0.3, 0.4) is 0 Å². The number of carbonyl (C=O) groups excluding carboxylic acids is 2. The SMILES string of the molecule is Cc1ccc(NC(=O)C(CC(=O)O)NC(=O)OCC2c3ccccc3-c3ccccc32)cc1O. The quantitative estimate of drug-likeness (QED) is 0.422. The molecule has 1 atom stereocenters. The molecule has 0 spiro atoms. The summed E-state index contributed by atoms with van der Waals surface area (Å²) in [7, 11) is 0. The van der Waals surface area contributed by atoms with Crippen LogP contribution in [0, 0.1) is 6.92 Å². The van der Waals surface area contributed by atoms with E-state index >= 15 is 0 Å². The van der Waals surface area contributed by atoms with Crippen LogP contribution >= 0.6 is 0 Å². The summed E-state index contributed by atoms with van der Waals surface area (Å²) >= 11 is 0. The van der Waals surface area contributed by atoms with Crippen molar-refractivity contribution in [2.45, 2.75) is 25.3 Å². The van der Waals surface area contributed by atoms with Crippen LogP contribution in [0.4, 0.5) is 10.5 Å². The number of phenols is 1. The summed E-state index contributed by atoms with van der Waals surface area (Å²) in [5.74, 6) is -2.18. The Morgan fingerprint density at radius 3 is 2.18 bits per heavy atom. The number of amides is 2. The average Bonchev–Trinajstić information content (AvgIpc) is 3.13. The maximum absolute atomic E-state index is 12.6. The number of carboxylic acids is 1. The van der Waals surface area contributed by atoms with Gasteiger partial charge < -0.3 is 25.6 Å². The normalized spacial score (nSPS) is 12.9. The van der Waals surface area contributed by atoms with Gasteiger partial charge in [0.1, 0.15) is 18.4 Å². The molecule has 8 heteroatoms. The van der Waals surface area contributed by atoms with E-state index in [2.05, 4.69) is 10.6 Å². The van der Waals surface area contributed by atoms with Crippen LogP contribution in [-0.2, 0) is 14.3 Å². The number of fused-ring (bicyclic) bond motifs is 3. The molecular weight excluding hydrogens is 436 g/mol. The van der Waals surface area contributed by atoms with Gasteiger partial charge in [0.15, 0.2) is 0 Å². The summed E-state index contributed by atoms with van der Waals surface area (Å²) in [6.07, 6.45) is -1.52. The third kappa shape index (κ3) is 4.85. The number of aryl methyl sites for hydroxylation is 1. The molecule has 1 unspecified atom stereocenters. The molecule has 0 fully saturated rings. The van der Waals surface area contributed by atoms with Crippen molar-refractivity contribution in [3.05, 3.63) is 83.4 Å². The van der Waals surface area contributed by atoms with E-state index in [1.165, 1.54) is 6.07 Å². The van der Waals surface area contributed by atoms with E-state index in [0.717, 1.165) is 22.3 Å². The fraction of sp³-hybridized carbons (Fsp3) is 0.192. The third-order valence-corrected chi connectivity index (χ3v) is 5.81. The monoisotopic (exact) mass is 460 g/mol. The third-order valence-electron chi connectivity index (χ3n) is 5.81. The lowest BCUT2D eigenvalue weighted by Gasteiger charge is -2.19. The van der Waals surface area contributed by atoms with Crippen LogP contribution in [0.1, 0.15) is 29.0 Å². The van der Waals surface area contributed by atoms with Crippen molar-refractivity contribution in [2.75, 3.05) is 11.9 Å². The van der Waals surface area contributed by atoms with Gasteiger partial charge in [-0.05, 0) is 40.8 Å². The molecule has 174 valence electrons. The number of ether oxygens (including phenoxy) is 1. The highest BCUT2D eigenvalue weighted by Crippen LogP contribution is 2.44. The Balaban J connectivity index is 1.43. The van der Waals surface area contributed by atoms with Gasteiger partial charge in [0, 0.05) is 17.7 Å². The first-order chi connectivity index (χ1) is 16.3. The summed E-state index contributed by atoms with van der Waals surface area (Å²) in [5, 5.41) is 23.9. The maximum Gasteiger partial charge on any atom is 0.407 e. The van der Waals surface area contributed by atoms with Crippen molar-refractivity contribution < 1.29 is 29.3 Å². The molecule has 0 bridgehead atoms. The summed E-state index contributed by atoms with van der Waals surface area (Å²) in [4.78, 5) is 36.4. The predicted molar refractivity (Wildman–Crippen MR) is 126 cm³/mol. The number of aromatic hydroxyl groups is 1. The number of carboxylic acid groups (broad SMARTS) is 1. The van der Waals surface area contributed by atoms with Crippen LogP contribution < -0.4 is 10.6 Å². The predicted octanol–water partition coefficient (Wildman–Crippen LogP) is 4.02. The Morgan fingerprint density at radius 1 is 0.971 bits per heavy atom. The molecule has 3 aromatic carbocycles. The first kappa shape index (κ1) is 22.8. The number of phenolic OH excluding ortho intramolecular Hbond substituents is 1. The second-order valence-electron chi connectivity index (χ2n) is 8.11. The number of carbonyl (C=O) groups is 3. The summed E-state index contributed by atoms with van der Waals surface area (Å²) in [5.41, 5.74) is 5.13. The highest BCUT2D eigenvalue weighted by molar-refractivity contribution is 5.98. The lowest BCUT2D eigenvalue weighted by molar-refractivity contribution is -0.139. The Labute approximate surface area is 196 Å². The van der Waals surface area contributed by atoms with Crippen LogP contribution in [0.25, 0.3) is 11.1 Å². The van der Waals surface area contributed by atoms with E-state index in [1.807, 2.05) is 48.5 Å². The minimum absolute atomic E-state index is 0.0166. The number of nitrogens with one attached hydrogen (secondary N) is 2. The molecule has 0 aliphatic heterocycles. The van der Waals surface area contributed by atoms with Gasteiger partial charge in [-0.25, -0.2) is 4.79 Å². The van der Waals surface area contributed by atoms with E-state index in [-0.39, 0.29) is 24.0 Å². The molecule has 4 N–H and O–H groups in total. The zero-order valence-electron chi connectivity index (χ0n) is 18.4. The van der Waals surface area contributed by atoms with Crippen LogP contribution in [0.5, 0.6) is 5.75 Å². The van der Waals surface area contributed by atoms with Crippen molar-refractivity contribution in [3.63, 3.8) is 0 Å². The van der Waals surface area contributed by atoms with Crippen molar-refractivity contribution >= 4 is 23.7 Å². The number of rotatable bonds is 7. The Hall–Kier alpha value is -4.33. The minimum atomic E-state index is -1.36. The van der Waals surface area contributed by atoms with E-state index in [1.54, 1.807) is 19.1 Å². The van der Waals surface area contributed by atoms with Crippen LogP contribution in [0.2, 0.25) is 0 Å². The van der Waals surface area contributed by atoms with Gasteiger partial charge in [0.05, 0.1) is 6.42 Å². The van der Waals surface area contributed by atoms with Crippen molar-refractivity contribution in [1.82, 2.24) is 5.32 Å². The van der Waals surface area contributed by atoms with Gasteiger partial charge >= 0.3 is 12.1 Å². The van der Waals surface area contributed by atoms with E-state index in [0.29, 0.717) is 5.56 Å². The molecule has 1 aliphatic rings. The van der Waals surface area contributed by atoms with E-state index < -0.39 is 30.4 Å². The van der Waals surface area contributed by atoms with Gasteiger partial charge in [0.2, 0.25) is 5.91 Å². The highest BCUT2D eigenvalue weighted by Gasteiger charge is 2.30. The first-order valence-electron chi connectivity index (χ1n) is 10.8. The molecule has 0 saturated carbocycles. The van der Waals surface area contributed by atoms with Gasteiger partial charge in [-0.1, -0.05) is 54.6 Å². The average molecular weight is 460 g/mol. The molecule has 0 radical (unpaired) electrons. The fourth-order valence-electron chi connectivity index (χ4n) is 4.08. The summed E-state index contributed by atoms with van der Waals surface area (Å²) < 4.78 is 5.42. The molecule has 3 aromatic rings. The van der Waals surface area contributed by atoms with Gasteiger partial charge in [-0.15, -0.1) is 0 Å². The second kappa shape index (κ2) is 9.66. The first-order valence-corrected chi connectivity index (χ1v) is 10.8. The number of hydrogen-bond donors (Lipinski definition) is 4. The molecule has 0 heterocycles. The minimum Gasteiger partial charge on any atom is -0.508 e.